The molecule has 0 saturated heterocycles. The highest BCUT2D eigenvalue weighted by atomic mass is 16.2. The maximum atomic E-state index is 12.2. The summed E-state index contributed by atoms with van der Waals surface area (Å²) >= 11 is 0. The van der Waals surface area contributed by atoms with Gasteiger partial charge in [-0.2, -0.15) is 15.3 Å². The zero-order valence-electron chi connectivity index (χ0n) is 14.4. The number of hydrogen-bond acceptors (Lipinski definition) is 5. The standard InChI is InChI=1S/C17H24N6O2/c1-2-3-9-17(20-21-17)10-8-15(24)18-11-6-13-23-16(25)22-12-5-4-7-14(22)19-23/h1H,3-13H2,(H,18,24). The van der Waals surface area contributed by atoms with Crippen LogP contribution in [0.25, 0.3) is 0 Å². The average Bonchev–Trinajstić information content (AvgIpc) is 3.34. The van der Waals surface area contributed by atoms with E-state index in [1.807, 2.05) is 0 Å². The molecule has 25 heavy (non-hydrogen) atoms. The Morgan fingerprint density at radius 2 is 2.16 bits per heavy atom. The third-order valence-corrected chi connectivity index (χ3v) is 4.71. The molecule has 1 aromatic heterocycles. The predicted molar refractivity (Wildman–Crippen MR) is 91.9 cm³/mol. The summed E-state index contributed by atoms with van der Waals surface area (Å²) in [7, 11) is 0. The van der Waals surface area contributed by atoms with Gasteiger partial charge in [-0.3, -0.25) is 9.36 Å². The molecular weight excluding hydrogens is 320 g/mol. The number of nitrogens with zero attached hydrogens (tertiary/aromatic N) is 5. The monoisotopic (exact) mass is 344 g/mol. The van der Waals surface area contributed by atoms with Crippen LogP contribution in [0.2, 0.25) is 0 Å². The first-order chi connectivity index (χ1) is 12.1. The summed E-state index contributed by atoms with van der Waals surface area (Å²) in [6.45, 7) is 1.82. The minimum atomic E-state index is -0.410. The SMILES string of the molecule is C#CCCC1(CCC(=O)NCCCn2nc3n(c2=O)CCCC3)N=N1. The normalized spacial score (nSPS) is 16.9. The molecular formula is C17H24N6O2. The van der Waals surface area contributed by atoms with E-state index in [4.69, 9.17) is 6.42 Å². The Morgan fingerprint density at radius 1 is 1.32 bits per heavy atom. The van der Waals surface area contributed by atoms with Crippen molar-refractivity contribution < 1.29 is 4.79 Å². The third-order valence-electron chi connectivity index (χ3n) is 4.71. The topological polar surface area (TPSA) is 93.6 Å². The molecule has 3 rings (SSSR count). The van der Waals surface area contributed by atoms with Crippen LogP contribution in [-0.2, 0) is 24.3 Å². The van der Waals surface area contributed by atoms with Crippen LogP contribution in [0.15, 0.2) is 15.0 Å². The number of hydrogen-bond donors (Lipinski definition) is 1. The Kier molecular flexibility index (Phi) is 5.31. The summed E-state index contributed by atoms with van der Waals surface area (Å²) < 4.78 is 3.28. The molecule has 1 aromatic rings. The summed E-state index contributed by atoms with van der Waals surface area (Å²) in [5, 5.41) is 15.3. The summed E-state index contributed by atoms with van der Waals surface area (Å²) in [6.07, 6.45) is 11.3. The molecule has 0 spiro atoms. The number of aryl methyl sites for hydroxylation is 2. The molecule has 8 nitrogen and oxygen atoms in total. The smallest absolute Gasteiger partial charge is 0.345 e. The van der Waals surface area contributed by atoms with Gasteiger partial charge in [-0.15, -0.1) is 12.3 Å². The maximum absolute atomic E-state index is 12.2. The van der Waals surface area contributed by atoms with Crippen molar-refractivity contribution in [3.05, 3.63) is 16.3 Å². The summed E-state index contributed by atoms with van der Waals surface area (Å²) in [5.74, 6) is 3.44. The molecule has 0 bridgehead atoms. The van der Waals surface area contributed by atoms with Crippen LogP contribution in [-0.4, -0.2) is 32.5 Å². The van der Waals surface area contributed by atoms with Crippen LogP contribution in [0.3, 0.4) is 0 Å². The lowest BCUT2D eigenvalue weighted by Crippen LogP contribution is -2.29. The van der Waals surface area contributed by atoms with E-state index in [1.54, 1.807) is 4.57 Å². The van der Waals surface area contributed by atoms with Crippen molar-refractivity contribution in [3.8, 4) is 12.3 Å². The highest BCUT2D eigenvalue weighted by Crippen LogP contribution is 2.37. The van der Waals surface area contributed by atoms with E-state index in [9.17, 15) is 9.59 Å². The van der Waals surface area contributed by atoms with Gasteiger partial charge in [-0.25, -0.2) is 9.48 Å². The molecule has 2 aliphatic heterocycles. The van der Waals surface area contributed by atoms with Crippen molar-refractivity contribution in [2.75, 3.05) is 6.54 Å². The van der Waals surface area contributed by atoms with Gasteiger partial charge in [0.15, 0.2) is 5.66 Å². The fourth-order valence-corrected chi connectivity index (χ4v) is 3.12. The number of fused-ring (bicyclic) bond motifs is 1. The van der Waals surface area contributed by atoms with E-state index in [0.717, 1.165) is 31.6 Å². The number of aromatic nitrogens is 3. The average molecular weight is 344 g/mol. The summed E-state index contributed by atoms with van der Waals surface area (Å²) in [5.41, 5.74) is -0.444. The highest BCUT2D eigenvalue weighted by molar-refractivity contribution is 5.75. The number of nitrogens with one attached hydrogen (secondary N) is 1. The number of rotatable bonds is 9. The highest BCUT2D eigenvalue weighted by Gasteiger charge is 2.39. The summed E-state index contributed by atoms with van der Waals surface area (Å²) in [6, 6.07) is 0. The molecule has 0 aromatic carbocycles. The van der Waals surface area contributed by atoms with Crippen molar-refractivity contribution in [3.63, 3.8) is 0 Å². The van der Waals surface area contributed by atoms with Crippen LogP contribution in [0.4, 0.5) is 0 Å². The lowest BCUT2D eigenvalue weighted by molar-refractivity contribution is -0.121. The summed E-state index contributed by atoms with van der Waals surface area (Å²) in [4.78, 5) is 24.1. The van der Waals surface area contributed by atoms with Crippen molar-refractivity contribution in [1.29, 1.82) is 0 Å². The van der Waals surface area contributed by atoms with Gasteiger partial charge in [0.25, 0.3) is 0 Å². The maximum Gasteiger partial charge on any atom is 0.345 e. The lowest BCUT2D eigenvalue weighted by Gasteiger charge is -2.09. The lowest BCUT2D eigenvalue weighted by atomic mass is 10.0. The molecule has 0 unspecified atom stereocenters. The zero-order chi connectivity index (χ0) is 17.7. The zero-order valence-corrected chi connectivity index (χ0v) is 14.4. The molecule has 1 N–H and O–H groups in total. The molecule has 1 amide bonds. The second-order valence-corrected chi connectivity index (χ2v) is 6.62. The van der Waals surface area contributed by atoms with Gasteiger partial charge in [0.1, 0.15) is 5.82 Å². The predicted octanol–water partition coefficient (Wildman–Crippen LogP) is 1.24. The largest absolute Gasteiger partial charge is 0.356 e. The molecule has 8 heteroatoms. The van der Waals surface area contributed by atoms with E-state index < -0.39 is 5.66 Å². The van der Waals surface area contributed by atoms with Crippen LogP contribution in [0.1, 0.15) is 50.8 Å². The van der Waals surface area contributed by atoms with Crippen molar-refractivity contribution in [2.45, 2.75) is 70.1 Å². The molecule has 3 heterocycles. The molecule has 0 aliphatic carbocycles. The van der Waals surface area contributed by atoms with Gasteiger partial charge >= 0.3 is 5.69 Å². The van der Waals surface area contributed by atoms with E-state index in [1.165, 1.54) is 4.68 Å². The molecule has 0 saturated carbocycles. The van der Waals surface area contributed by atoms with Crippen molar-refractivity contribution >= 4 is 5.91 Å². The Labute approximate surface area is 146 Å². The fraction of sp³-hybridized carbons (Fsp3) is 0.706. The van der Waals surface area contributed by atoms with Gasteiger partial charge in [-0.1, -0.05) is 0 Å². The van der Waals surface area contributed by atoms with Gasteiger partial charge in [0.2, 0.25) is 5.91 Å². The van der Waals surface area contributed by atoms with E-state index in [-0.39, 0.29) is 11.6 Å². The van der Waals surface area contributed by atoms with E-state index in [2.05, 4.69) is 26.6 Å². The number of carbonyl (C=O) groups excluding carboxylic acids is 1. The van der Waals surface area contributed by atoms with Gasteiger partial charge in [0, 0.05) is 51.7 Å². The van der Waals surface area contributed by atoms with Crippen molar-refractivity contribution in [1.82, 2.24) is 19.7 Å². The quantitative estimate of drug-likeness (QED) is 0.539. The first-order valence-electron chi connectivity index (χ1n) is 8.94. The number of terminal acetylenes is 1. The van der Waals surface area contributed by atoms with Gasteiger partial charge < -0.3 is 5.32 Å². The van der Waals surface area contributed by atoms with Crippen LogP contribution in [0.5, 0.6) is 0 Å². The van der Waals surface area contributed by atoms with E-state index >= 15 is 0 Å². The second kappa shape index (κ2) is 7.64. The van der Waals surface area contributed by atoms with Gasteiger partial charge in [0.05, 0.1) is 0 Å². The van der Waals surface area contributed by atoms with Crippen LogP contribution < -0.4 is 11.0 Å². The first kappa shape index (κ1) is 17.4. The second-order valence-electron chi connectivity index (χ2n) is 6.62. The fourth-order valence-electron chi connectivity index (χ4n) is 3.12. The molecule has 0 atom stereocenters. The number of amides is 1. The molecule has 2 aliphatic rings. The van der Waals surface area contributed by atoms with Crippen molar-refractivity contribution in [2.24, 2.45) is 10.2 Å². The minimum absolute atomic E-state index is 0.0196. The Balaban J connectivity index is 1.35. The van der Waals surface area contributed by atoms with Gasteiger partial charge in [-0.05, 0) is 19.3 Å². The van der Waals surface area contributed by atoms with Crippen LogP contribution in [0, 0.1) is 12.3 Å². The Morgan fingerprint density at radius 3 is 2.88 bits per heavy atom. The third kappa shape index (κ3) is 4.35. The minimum Gasteiger partial charge on any atom is -0.356 e. The Hall–Kier alpha value is -2.43. The molecule has 0 radical (unpaired) electrons. The van der Waals surface area contributed by atoms with Crippen LogP contribution >= 0.6 is 0 Å². The molecule has 134 valence electrons. The Bertz CT molecular complexity index is 748. The van der Waals surface area contributed by atoms with E-state index in [0.29, 0.717) is 45.2 Å². The molecule has 0 fully saturated rings. The number of carbonyl (C=O) groups is 1. The first-order valence-corrected chi connectivity index (χ1v) is 8.94.